The summed E-state index contributed by atoms with van der Waals surface area (Å²) in [5, 5.41) is 15.1. The number of carbonyl (C=O) groups excluding carboxylic acids is 2. The van der Waals surface area contributed by atoms with Crippen molar-refractivity contribution in [3.8, 4) is 5.75 Å². The first kappa shape index (κ1) is 19.8. The molecule has 0 spiro atoms. The number of aryl methyl sites for hydroxylation is 1. The molecule has 0 aliphatic rings. The summed E-state index contributed by atoms with van der Waals surface area (Å²) in [7, 11) is 1.49. The first-order chi connectivity index (χ1) is 12.4. The first-order valence-corrected chi connectivity index (χ1v) is 9.23. The van der Waals surface area contributed by atoms with Crippen molar-refractivity contribution in [2.24, 2.45) is 0 Å². The molecule has 0 fully saturated rings. The molecule has 0 saturated heterocycles. The Labute approximate surface area is 156 Å². The number of carbonyl (C=O) groups is 2. The van der Waals surface area contributed by atoms with Gasteiger partial charge in [0.1, 0.15) is 5.75 Å². The summed E-state index contributed by atoms with van der Waals surface area (Å²) in [6.07, 6.45) is 1.07. The van der Waals surface area contributed by atoms with Crippen LogP contribution in [0, 0.1) is 6.92 Å². The van der Waals surface area contributed by atoms with Gasteiger partial charge in [0.05, 0.1) is 18.9 Å². The molecule has 1 unspecified atom stereocenters. The third-order valence-corrected chi connectivity index (χ3v) is 4.51. The van der Waals surface area contributed by atoms with E-state index in [0.29, 0.717) is 17.0 Å². The maximum atomic E-state index is 12.1. The monoisotopic (exact) mass is 374 g/mol. The molecule has 138 valence electrons. The normalized spacial score (nSPS) is 11.5. The van der Waals surface area contributed by atoms with Gasteiger partial charge in [0.15, 0.2) is 0 Å². The van der Waals surface area contributed by atoms with E-state index in [1.54, 1.807) is 36.0 Å². The Morgan fingerprint density at radius 2 is 1.85 bits per heavy atom. The van der Waals surface area contributed by atoms with E-state index in [1.165, 1.54) is 7.11 Å². The Morgan fingerprint density at radius 3 is 2.46 bits per heavy atom. The van der Waals surface area contributed by atoms with Crippen molar-refractivity contribution < 1.29 is 19.4 Å². The number of thioether (sulfide) groups is 1. The van der Waals surface area contributed by atoms with Crippen molar-refractivity contribution in [3.63, 3.8) is 0 Å². The van der Waals surface area contributed by atoms with Gasteiger partial charge in [0, 0.05) is 11.4 Å². The molecule has 0 aromatic heterocycles. The van der Waals surface area contributed by atoms with Crippen LogP contribution in [0.1, 0.15) is 17.2 Å². The van der Waals surface area contributed by atoms with E-state index >= 15 is 0 Å². The summed E-state index contributed by atoms with van der Waals surface area (Å²) in [5.74, 6) is -1.18. The highest BCUT2D eigenvalue weighted by atomic mass is 32.2. The molecule has 0 bridgehead atoms. The molecule has 0 saturated carbocycles. The van der Waals surface area contributed by atoms with Crippen LogP contribution in [0.3, 0.4) is 0 Å². The largest absolute Gasteiger partial charge is 0.495 e. The number of aliphatic hydroxyl groups excluding tert-OH is 1. The molecule has 0 aliphatic carbocycles. The van der Waals surface area contributed by atoms with Gasteiger partial charge in [-0.15, -0.1) is 11.8 Å². The average Bonchev–Trinajstić information content (AvgIpc) is 2.66. The molecular formula is C19H22N2O4S. The third kappa shape index (κ3) is 5.24. The van der Waals surface area contributed by atoms with Crippen LogP contribution < -0.4 is 15.4 Å². The van der Waals surface area contributed by atoms with Gasteiger partial charge < -0.3 is 20.5 Å². The van der Waals surface area contributed by atoms with Gasteiger partial charge in [-0.3, -0.25) is 9.59 Å². The first-order valence-electron chi connectivity index (χ1n) is 8.00. The predicted molar refractivity (Wildman–Crippen MR) is 103 cm³/mol. The number of rotatable bonds is 6. The Balaban J connectivity index is 1.92. The zero-order valence-electron chi connectivity index (χ0n) is 14.9. The summed E-state index contributed by atoms with van der Waals surface area (Å²) in [4.78, 5) is 25.1. The molecule has 2 rings (SSSR count). The van der Waals surface area contributed by atoms with Crippen molar-refractivity contribution >= 4 is 29.3 Å². The molecule has 26 heavy (non-hydrogen) atoms. The number of methoxy groups -OCH3 is 1. The molecule has 2 aromatic rings. The fraction of sp³-hybridized carbons (Fsp3) is 0.263. The number of nitrogens with one attached hydrogen (secondary N) is 2. The van der Waals surface area contributed by atoms with Crippen LogP contribution in [0.15, 0.2) is 47.4 Å². The molecule has 0 aliphatic heterocycles. The van der Waals surface area contributed by atoms with Gasteiger partial charge in [-0.05, 0) is 48.6 Å². The fourth-order valence-corrected chi connectivity index (χ4v) is 2.72. The maximum absolute atomic E-state index is 12.1. The van der Waals surface area contributed by atoms with Gasteiger partial charge in [-0.25, -0.2) is 0 Å². The molecule has 7 heteroatoms. The quantitative estimate of drug-likeness (QED) is 0.534. The number of amides is 2. The van der Waals surface area contributed by atoms with Crippen molar-refractivity contribution in [2.75, 3.05) is 25.2 Å². The lowest BCUT2D eigenvalue weighted by molar-refractivity contribution is -0.136. The van der Waals surface area contributed by atoms with Crippen LogP contribution in [0.4, 0.5) is 5.69 Å². The lowest BCUT2D eigenvalue weighted by Crippen LogP contribution is -2.37. The zero-order valence-corrected chi connectivity index (χ0v) is 15.7. The highest BCUT2D eigenvalue weighted by molar-refractivity contribution is 7.98. The van der Waals surface area contributed by atoms with Gasteiger partial charge in [-0.1, -0.05) is 18.2 Å². The van der Waals surface area contributed by atoms with E-state index in [1.807, 2.05) is 31.4 Å². The summed E-state index contributed by atoms with van der Waals surface area (Å²) >= 11 is 1.60. The number of aliphatic hydroxyl groups is 1. The summed E-state index contributed by atoms with van der Waals surface area (Å²) in [6.45, 7) is 1.81. The van der Waals surface area contributed by atoms with Crippen LogP contribution in [-0.2, 0) is 9.59 Å². The van der Waals surface area contributed by atoms with Crippen LogP contribution in [0.2, 0.25) is 0 Å². The van der Waals surface area contributed by atoms with Crippen molar-refractivity contribution in [3.05, 3.63) is 53.6 Å². The molecule has 6 nitrogen and oxygen atoms in total. The highest BCUT2D eigenvalue weighted by Gasteiger charge is 2.17. The smallest absolute Gasteiger partial charge is 0.313 e. The molecule has 3 N–H and O–H groups in total. The minimum atomic E-state index is -0.892. The zero-order chi connectivity index (χ0) is 19.1. The van der Waals surface area contributed by atoms with E-state index in [9.17, 15) is 14.7 Å². The van der Waals surface area contributed by atoms with Crippen molar-refractivity contribution in [1.29, 1.82) is 0 Å². The maximum Gasteiger partial charge on any atom is 0.313 e. The minimum absolute atomic E-state index is 0.0597. The van der Waals surface area contributed by atoms with Gasteiger partial charge >= 0.3 is 11.8 Å². The summed E-state index contributed by atoms with van der Waals surface area (Å²) in [5.41, 5.74) is 2.01. The molecule has 2 aromatic carbocycles. The third-order valence-electron chi connectivity index (χ3n) is 3.77. The van der Waals surface area contributed by atoms with E-state index in [2.05, 4.69) is 10.6 Å². The minimum Gasteiger partial charge on any atom is -0.495 e. The molecule has 0 radical (unpaired) electrons. The lowest BCUT2D eigenvalue weighted by atomic mass is 10.1. The number of anilines is 1. The van der Waals surface area contributed by atoms with Crippen molar-refractivity contribution in [2.45, 2.75) is 17.9 Å². The van der Waals surface area contributed by atoms with Crippen LogP contribution in [0.25, 0.3) is 0 Å². The molecule has 1 atom stereocenters. The topological polar surface area (TPSA) is 87.7 Å². The molecule has 2 amide bonds. The predicted octanol–water partition coefficient (Wildman–Crippen LogP) is 2.51. The Bertz CT molecular complexity index is 778. The van der Waals surface area contributed by atoms with Crippen LogP contribution in [0.5, 0.6) is 5.75 Å². The Hall–Kier alpha value is -2.51. The molecule has 0 heterocycles. The van der Waals surface area contributed by atoms with E-state index in [4.69, 9.17) is 4.74 Å². The number of benzene rings is 2. The van der Waals surface area contributed by atoms with Crippen LogP contribution >= 0.6 is 11.8 Å². The summed E-state index contributed by atoms with van der Waals surface area (Å²) in [6, 6.07) is 12.6. The standard InChI is InChI=1S/C19H22N2O4S/c1-12-4-9-17(25-2)15(10-12)21-19(24)18(23)20-11-16(22)13-5-7-14(26-3)8-6-13/h4-10,16,22H,11H2,1-3H3,(H,20,23)(H,21,24). The number of ether oxygens (including phenoxy) is 1. The highest BCUT2D eigenvalue weighted by Crippen LogP contribution is 2.25. The van der Waals surface area contributed by atoms with Crippen molar-refractivity contribution in [1.82, 2.24) is 5.32 Å². The van der Waals surface area contributed by atoms with E-state index < -0.39 is 17.9 Å². The fourth-order valence-electron chi connectivity index (χ4n) is 2.31. The van der Waals surface area contributed by atoms with E-state index in [-0.39, 0.29) is 6.54 Å². The molecular weight excluding hydrogens is 352 g/mol. The SMILES string of the molecule is COc1ccc(C)cc1NC(=O)C(=O)NCC(O)c1ccc(SC)cc1. The second-order valence-electron chi connectivity index (χ2n) is 5.66. The number of hydrogen-bond donors (Lipinski definition) is 3. The second-order valence-corrected chi connectivity index (χ2v) is 6.54. The van der Waals surface area contributed by atoms with E-state index in [0.717, 1.165) is 10.5 Å². The second kappa shape index (κ2) is 9.26. The Morgan fingerprint density at radius 1 is 1.15 bits per heavy atom. The average molecular weight is 374 g/mol. The van der Waals surface area contributed by atoms with Crippen LogP contribution in [-0.4, -0.2) is 36.8 Å². The van der Waals surface area contributed by atoms with Gasteiger partial charge in [0.2, 0.25) is 0 Å². The Kier molecular flexibility index (Phi) is 7.06. The van der Waals surface area contributed by atoms with Gasteiger partial charge in [0.25, 0.3) is 0 Å². The lowest BCUT2D eigenvalue weighted by Gasteiger charge is -2.14. The summed E-state index contributed by atoms with van der Waals surface area (Å²) < 4.78 is 5.17. The van der Waals surface area contributed by atoms with Gasteiger partial charge in [-0.2, -0.15) is 0 Å². The number of hydrogen-bond acceptors (Lipinski definition) is 5.